The minimum Gasteiger partial charge on any atom is -0.495 e. The van der Waals surface area contributed by atoms with Crippen LogP contribution in [0.3, 0.4) is 0 Å². The van der Waals surface area contributed by atoms with Crippen LogP contribution in [0.15, 0.2) is 77.7 Å². The molecule has 0 unspecified atom stereocenters. The molecule has 3 aromatic carbocycles. The summed E-state index contributed by atoms with van der Waals surface area (Å²) in [7, 11) is -2.67. The van der Waals surface area contributed by atoms with Gasteiger partial charge in [0, 0.05) is 13.1 Å². The van der Waals surface area contributed by atoms with Gasteiger partial charge in [-0.25, -0.2) is 8.42 Å². The van der Waals surface area contributed by atoms with Gasteiger partial charge in [0.15, 0.2) is 0 Å². The Morgan fingerprint density at radius 1 is 1.00 bits per heavy atom. The Bertz CT molecular complexity index is 1320. The van der Waals surface area contributed by atoms with Crippen molar-refractivity contribution in [2.45, 2.75) is 38.0 Å². The van der Waals surface area contributed by atoms with Crippen molar-refractivity contribution in [1.82, 2.24) is 4.90 Å². The highest BCUT2D eigenvalue weighted by Gasteiger charge is 2.32. The zero-order chi connectivity index (χ0) is 27.1. The van der Waals surface area contributed by atoms with E-state index >= 15 is 0 Å². The summed E-state index contributed by atoms with van der Waals surface area (Å²) in [5.41, 5.74) is 2.48. The molecule has 8 heteroatoms. The van der Waals surface area contributed by atoms with E-state index in [0.717, 1.165) is 24.8 Å². The molecule has 4 rings (SSSR count). The molecule has 0 aliphatic carbocycles. The third kappa shape index (κ3) is 6.48. The zero-order valence-electron chi connectivity index (χ0n) is 22.3. The van der Waals surface area contributed by atoms with E-state index in [9.17, 15) is 13.2 Å². The van der Waals surface area contributed by atoms with Gasteiger partial charge in [-0.1, -0.05) is 36.4 Å². The lowest BCUT2D eigenvalue weighted by atomic mass is 9.90. The van der Waals surface area contributed by atoms with Crippen LogP contribution in [0.4, 0.5) is 5.69 Å². The number of likely N-dealkylation sites (tertiary alicyclic amines) is 1. The van der Waals surface area contributed by atoms with E-state index in [4.69, 9.17) is 9.47 Å². The average Bonchev–Trinajstić information content (AvgIpc) is 2.93. The molecule has 0 atom stereocenters. The minimum absolute atomic E-state index is 0.0308. The topological polar surface area (TPSA) is 76.2 Å². The summed E-state index contributed by atoms with van der Waals surface area (Å²) in [4.78, 5) is 15.3. The van der Waals surface area contributed by atoms with Crippen LogP contribution in [-0.2, 0) is 21.2 Å². The highest BCUT2D eigenvalue weighted by Crippen LogP contribution is 2.32. The number of sulfonamides is 1. The second kappa shape index (κ2) is 12.3. The molecule has 1 amide bonds. The second-order valence-electron chi connectivity index (χ2n) is 9.61. The molecule has 0 spiro atoms. The number of amides is 1. The van der Waals surface area contributed by atoms with Gasteiger partial charge in [-0.15, -0.1) is 0 Å². The number of ether oxygens (including phenoxy) is 2. The van der Waals surface area contributed by atoms with Gasteiger partial charge >= 0.3 is 0 Å². The fraction of sp³-hybridized carbons (Fsp3) is 0.367. The number of benzene rings is 3. The van der Waals surface area contributed by atoms with Crippen LogP contribution < -0.4 is 13.8 Å². The van der Waals surface area contributed by atoms with Gasteiger partial charge in [-0.3, -0.25) is 9.10 Å². The van der Waals surface area contributed by atoms with Gasteiger partial charge in [-0.2, -0.15) is 0 Å². The summed E-state index contributed by atoms with van der Waals surface area (Å²) < 4.78 is 40.1. The maximum absolute atomic E-state index is 14.0. The number of nitrogens with zero attached hydrogens (tertiary/aromatic N) is 2. The summed E-state index contributed by atoms with van der Waals surface area (Å²) >= 11 is 0. The molecule has 0 radical (unpaired) electrons. The van der Waals surface area contributed by atoms with Crippen molar-refractivity contribution in [2.75, 3.05) is 37.7 Å². The Hall–Kier alpha value is -3.52. The van der Waals surface area contributed by atoms with Crippen molar-refractivity contribution >= 4 is 21.6 Å². The molecule has 1 heterocycles. The lowest BCUT2D eigenvalue weighted by molar-refractivity contribution is -0.130. The van der Waals surface area contributed by atoms with E-state index in [0.29, 0.717) is 37.1 Å². The number of hydrogen-bond acceptors (Lipinski definition) is 5. The predicted molar refractivity (Wildman–Crippen MR) is 149 cm³/mol. The van der Waals surface area contributed by atoms with Crippen LogP contribution >= 0.6 is 0 Å². The summed E-state index contributed by atoms with van der Waals surface area (Å²) in [5, 5.41) is 0. The molecule has 0 bridgehead atoms. The molecule has 202 valence electrons. The van der Waals surface area contributed by atoms with Crippen molar-refractivity contribution < 1.29 is 22.7 Å². The summed E-state index contributed by atoms with van der Waals surface area (Å²) in [6.07, 6.45) is 2.77. The van der Waals surface area contributed by atoms with Gasteiger partial charge in [0.25, 0.3) is 10.0 Å². The van der Waals surface area contributed by atoms with E-state index in [1.54, 1.807) is 47.4 Å². The van der Waals surface area contributed by atoms with Crippen molar-refractivity contribution in [3.05, 3.63) is 83.9 Å². The Labute approximate surface area is 226 Å². The molecule has 7 nitrogen and oxygen atoms in total. The van der Waals surface area contributed by atoms with Crippen molar-refractivity contribution in [3.8, 4) is 11.5 Å². The second-order valence-corrected chi connectivity index (χ2v) is 11.4. The Morgan fingerprint density at radius 2 is 1.68 bits per heavy atom. The third-order valence-electron chi connectivity index (χ3n) is 6.94. The van der Waals surface area contributed by atoms with Crippen molar-refractivity contribution in [3.63, 3.8) is 0 Å². The van der Waals surface area contributed by atoms with E-state index in [1.165, 1.54) is 17.0 Å². The Balaban J connectivity index is 1.55. The lowest BCUT2D eigenvalue weighted by Gasteiger charge is -2.34. The van der Waals surface area contributed by atoms with Crippen LogP contribution in [0, 0.1) is 12.8 Å². The molecule has 0 aromatic heterocycles. The van der Waals surface area contributed by atoms with E-state index in [2.05, 4.69) is 12.1 Å². The standard InChI is InChI=1S/C30H36N2O5S/c1-4-37-27-13-11-26(12-14-27)32(38(34,35)29-20-23(2)10-15-28(29)36-3)22-30(33)31-18-16-25(17-19-31)21-24-8-6-5-7-9-24/h5-15,20,25H,4,16-19,21-22H2,1-3H3. The number of methoxy groups -OCH3 is 1. The minimum atomic E-state index is -4.11. The molecule has 0 N–H and O–H groups in total. The number of piperidine rings is 1. The van der Waals surface area contributed by atoms with Crippen LogP contribution in [0.25, 0.3) is 0 Å². The quantitative estimate of drug-likeness (QED) is 0.361. The van der Waals surface area contributed by atoms with E-state index in [-0.39, 0.29) is 23.1 Å². The summed E-state index contributed by atoms with van der Waals surface area (Å²) in [6, 6.07) is 22.2. The zero-order valence-corrected chi connectivity index (χ0v) is 23.1. The van der Waals surface area contributed by atoms with Gasteiger partial charge in [0.05, 0.1) is 19.4 Å². The molecular formula is C30H36N2O5S. The monoisotopic (exact) mass is 536 g/mol. The maximum atomic E-state index is 14.0. The summed E-state index contributed by atoms with van der Waals surface area (Å²) in [6.45, 7) is 5.14. The normalized spacial score (nSPS) is 14.2. The largest absolute Gasteiger partial charge is 0.495 e. The molecule has 1 fully saturated rings. The number of aryl methyl sites for hydroxylation is 1. The first-order chi connectivity index (χ1) is 18.3. The maximum Gasteiger partial charge on any atom is 0.268 e. The Kier molecular flexibility index (Phi) is 8.94. The van der Waals surface area contributed by atoms with Crippen LogP contribution in [0.1, 0.15) is 30.9 Å². The predicted octanol–water partition coefficient (Wildman–Crippen LogP) is 5.08. The third-order valence-corrected chi connectivity index (χ3v) is 8.73. The number of rotatable bonds is 10. The number of carbonyl (C=O) groups is 1. The van der Waals surface area contributed by atoms with Gasteiger partial charge < -0.3 is 14.4 Å². The molecule has 38 heavy (non-hydrogen) atoms. The number of anilines is 1. The highest BCUT2D eigenvalue weighted by atomic mass is 32.2. The molecule has 1 aliphatic rings. The van der Waals surface area contributed by atoms with Crippen LogP contribution in [0.5, 0.6) is 11.5 Å². The van der Waals surface area contributed by atoms with Crippen LogP contribution in [-0.4, -0.2) is 52.6 Å². The average molecular weight is 537 g/mol. The van der Waals surface area contributed by atoms with Crippen molar-refractivity contribution in [1.29, 1.82) is 0 Å². The van der Waals surface area contributed by atoms with Crippen molar-refractivity contribution in [2.24, 2.45) is 5.92 Å². The molecule has 1 aliphatic heterocycles. The lowest BCUT2D eigenvalue weighted by Crippen LogP contribution is -2.46. The molecule has 0 saturated carbocycles. The van der Waals surface area contributed by atoms with E-state index < -0.39 is 10.0 Å². The SMILES string of the molecule is CCOc1ccc(N(CC(=O)N2CCC(Cc3ccccc3)CC2)S(=O)(=O)c2cc(C)ccc2OC)cc1. The van der Waals surface area contributed by atoms with Gasteiger partial charge in [0.1, 0.15) is 22.9 Å². The first-order valence-corrected chi connectivity index (χ1v) is 14.5. The highest BCUT2D eigenvalue weighted by molar-refractivity contribution is 7.93. The van der Waals surface area contributed by atoms with Gasteiger partial charge in [-0.05, 0) is 86.6 Å². The summed E-state index contributed by atoms with van der Waals surface area (Å²) in [5.74, 6) is 1.16. The first-order valence-electron chi connectivity index (χ1n) is 13.0. The smallest absolute Gasteiger partial charge is 0.268 e. The first kappa shape index (κ1) is 27.5. The molecule has 3 aromatic rings. The number of hydrogen-bond donors (Lipinski definition) is 0. The fourth-order valence-electron chi connectivity index (χ4n) is 4.85. The van der Waals surface area contributed by atoms with Crippen LogP contribution in [0.2, 0.25) is 0 Å². The molecular weight excluding hydrogens is 500 g/mol. The molecule has 1 saturated heterocycles. The fourth-order valence-corrected chi connectivity index (χ4v) is 6.51. The Morgan fingerprint density at radius 3 is 2.32 bits per heavy atom. The van der Waals surface area contributed by atoms with Gasteiger partial charge in [0.2, 0.25) is 5.91 Å². The number of carbonyl (C=O) groups excluding carboxylic acids is 1. The van der Waals surface area contributed by atoms with E-state index in [1.807, 2.05) is 32.0 Å².